The summed E-state index contributed by atoms with van der Waals surface area (Å²) in [5, 5.41) is 4.81. The lowest BCUT2D eigenvalue weighted by atomic mass is 10.1. The molecule has 0 saturated carbocycles. The molecule has 4 aromatic rings. The van der Waals surface area contributed by atoms with E-state index in [1.807, 2.05) is 71.4 Å². The molecule has 4 rings (SSSR count). The van der Waals surface area contributed by atoms with Gasteiger partial charge in [0.25, 0.3) is 5.91 Å². The molecule has 136 valence electrons. The van der Waals surface area contributed by atoms with E-state index in [2.05, 4.69) is 10.3 Å². The van der Waals surface area contributed by atoms with Gasteiger partial charge in [-0.2, -0.15) is 0 Å². The summed E-state index contributed by atoms with van der Waals surface area (Å²) in [5.74, 6) is 0.663. The highest BCUT2D eigenvalue weighted by atomic mass is 32.1. The van der Waals surface area contributed by atoms with Crippen LogP contribution in [0.15, 0.2) is 60.1 Å². The van der Waals surface area contributed by atoms with Crippen molar-refractivity contribution in [2.24, 2.45) is 0 Å². The Balaban J connectivity index is 1.56. The van der Waals surface area contributed by atoms with Crippen molar-refractivity contribution in [3.8, 4) is 17.0 Å². The van der Waals surface area contributed by atoms with Gasteiger partial charge in [-0.3, -0.25) is 9.20 Å². The van der Waals surface area contributed by atoms with Crippen LogP contribution < -0.4 is 10.1 Å². The zero-order chi connectivity index (χ0) is 18.8. The maximum Gasteiger partial charge on any atom is 0.269 e. The molecule has 0 radical (unpaired) electrons. The number of thiazole rings is 1. The Morgan fingerprint density at radius 3 is 2.81 bits per heavy atom. The number of amides is 1. The Labute approximate surface area is 161 Å². The van der Waals surface area contributed by atoms with E-state index in [4.69, 9.17) is 4.74 Å². The molecule has 0 bridgehead atoms. The van der Waals surface area contributed by atoms with Crippen LogP contribution in [-0.2, 0) is 6.54 Å². The second-order valence-electron chi connectivity index (χ2n) is 6.30. The second-order valence-corrected chi connectivity index (χ2v) is 7.14. The summed E-state index contributed by atoms with van der Waals surface area (Å²) in [6, 6.07) is 15.9. The standard InChI is InChI=1S/C21H19N3O2S/c1-14-6-8-15(9-7-14)11-22-20(25)19-13-27-21-23-18(12-24(19)21)16-4-3-5-17(10-16)26-2/h3-10,12-13H,11H2,1-2H3,(H,22,25). The van der Waals surface area contributed by atoms with Crippen LogP contribution in [0, 0.1) is 6.92 Å². The minimum absolute atomic E-state index is 0.114. The van der Waals surface area contributed by atoms with Gasteiger partial charge in [0.1, 0.15) is 11.4 Å². The Bertz CT molecular complexity index is 1100. The first-order valence-electron chi connectivity index (χ1n) is 8.59. The average molecular weight is 377 g/mol. The number of benzene rings is 2. The van der Waals surface area contributed by atoms with Gasteiger partial charge < -0.3 is 10.1 Å². The topological polar surface area (TPSA) is 55.6 Å². The number of carbonyl (C=O) groups is 1. The van der Waals surface area contributed by atoms with E-state index in [-0.39, 0.29) is 5.91 Å². The van der Waals surface area contributed by atoms with E-state index < -0.39 is 0 Å². The number of ether oxygens (including phenoxy) is 1. The van der Waals surface area contributed by atoms with Gasteiger partial charge in [-0.05, 0) is 24.6 Å². The van der Waals surface area contributed by atoms with Crippen molar-refractivity contribution < 1.29 is 9.53 Å². The number of imidazole rings is 1. The third-order valence-corrected chi connectivity index (χ3v) is 5.22. The van der Waals surface area contributed by atoms with Gasteiger partial charge in [-0.1, -0.05) is 42.0 Å². The third kappa shape index (κ3) is 3.57. The van der Waals surface area contributed by atoms with Gasteiger partial charge in [0, 0.05) is 23.7 Å². The molecule has 0 atom stereocenters. The Morgan fingerprint density at radius 1 is 1.22 bits per heavy atom. The fourth-order valence-electron chi connectivity index (χ4n) is 2.85. The Kier molecular flexibility index (Phi) is 4.64. The lowest BCUT2D eigenvalue weighted by molar-refractivity contribution is 0.0945. The summed E-state index contributed by atoms with van der Waals surface area (Å²) in [6.45, 7) is 2.54. The van der Waals surface area contributed by atoms with Crippen LogP contribution in [0.5, 0.6) is 5.75 Å². The first-order chi connectivity index (χ1) is 13.1. The highest BCUT2D eigenvalue weighted by Crippen LogP contribution is 2.26. The highest BCUT2D eigenvalue weighted by molar-refractivity contribution is 7.15. The first-order valence-corrected chi connectivity index (χ1v) is 9.47. The normalized spacial score (nSPS) is 10.9. The van der Waals surface area contributed by atoms with Gasteiger partial charge in [-0.25, -0.2) is 4.98 Å². The smallest absolute Gasteiger partial charge is 0.269 e. The van der Waals surface area contributed by atoms with Crippen LogP contribution in [0.25, 0.3) is 16.2 Å². The highest BCUT2D eigenvalue weighted by Gasteiger charge is 2.15. The quantitative estimate of drug-likeness (QED) is 0.564. The molecule has 0 unspecified atom stereocenters. The van der Waals surface area contributed by atoms with Crippen LogP contribution in [0.1, 0.15) is 21.6 Å². The van der Waals surface area contributed by atoms with Gasteiger partial charge in [-0.15, -0.1) is 11.3 Å². The number of nitrogens with zero attached hydrogens (tertiary/aromatic N) is 2. The molecule has 2 aromatic carbocycles. The monoisotopic (exact) mass is 377 g/mol. The van der Waals surface area contributed by atoms with Crippen molar-refractivity contribution in [2.45, 2.75) is 13.5 Å². The van der Waals surface area contributed by atoms with Crippen LogP contribution in [-0.4, -0.2) is 22.4 Å². The number of rotatable bonds is 5. The van der Waals surface area contributed by atoms with Crippen LogP contribution >= 0.6 is 11.3 Å². The number of methoxy groups -OCH3 is 1. The van der Waals surface area contributed by atoms with Gasteiger partial charge >= 0.3 is 0 Å². The van der Waals surface area contributed by atoms with Crippen molar-refractivity contribution in [3.63, 3.8) is 0 Å². The SMILES string of the molecule is COc1cccc(-c2cn3c(C(=O)NCc4ccc(C)cc4)csc3n2)c1. The molecule has 0 aliphatic heterocycles. The van der Waals surface area contributed by atoms with Gasteiger partial charge in [0.2, 0.25) is 0 Å². The third-order valence-electron chi connectivity index (χ3n) is 4.38. The van der Waals surface area contributed by atoms with E-state index in [1.165, 1.54) is 16.9 Å². The maximum atomic E-state index is 12.6. The number of nitrogens with one attached hydrogen (secondary N) is 1. The van der Waals surface area contributed by atoms with Crippen LogP contribution in [0.2, 0.25) is 0 Å². The summed E-state index contributed by atoms with van der Waals surface area (Å²) >= 11 is 1.45. The van der Waals surface area contributed by atoms with Crippen LogP contribution in [0.4, 0.5) is 0 Å². The molecular weight excluding hydrogens is 358 g/mol. The van der Waals surface area contributed by atoms with E-state index in [0.29, 0.717) is 12.2 Å². The first kappa shape index (κ1) is 17.3. The summed E-state index contributed by atoms with van der Waals surface area (Å²) < 4.78 is 7.12. The summed E-state index contributed by atoms with van der Waals surface area (Å²) in [4.78, 5) is 18.1. The fourth-order valence-corrected chi connectivity index (χ4v) is 3.70. The number of aryl methyl sites for hydroxylation is 1. The molecule has 1 amide bonds. The molecular formula is C21H19N3O2S. The average Bonchev–Trinajstić information content (AvgIpc) is 3.28. The molecule has 2 aromatic heterocycles. The number of hydrogen-bond donors (Lipinski definition) is 1. The van der Waals surface area contributed by atoms with Crippen LogP contribution in [0.3, 0.4) is 0 Å². The molecule has 6 heteroatoms. The summed E-state index contributed by atoms with van der Waals surface area (Å²) in [5.41, 5.74) is 4.63. The van der Waals surface area contributed by atoms with E-state index in [9.17, 15) is 4.79 Å². The number of hydrogen-bond acceptors (Lipinski definition) is 4. The summed E-state index contributed by atoms with van der Waals surface area (Å²) in [7, 11) is 1.64. The van der Waals surface area contributed by atoms with Gasteiger partial charge in [0.05, 0.1) is 12.8 Å². The van der Waals surface area contributed by atoms with E-state index >= 15 is 0 Å². The lowest BCUT2D eigenvalue weighted by Crippen LogP contribution is -2.23. The lowest BCUT2D eigenvalue weighted by Gasteiger charge is -2.05. The Hall–Kier alpha value is -3.12. The largest absolute Gasteiger partial charge is 0.497 e. The summed E-state index contributed by atoms with van der Waals surface area (Å²) in [6.07, 6.45) is 1.89. The van der Waals surface area contributed by atoms with Crippen molar-refractivity contribution in [1.29, 1.82) is 0 Å². The maximum absolute atomic E-state index is 12.6. The van der Waals surface area contributed by atoms with Crippen molar-refractivity contribution >= 4 is 22.2 Å². The van der Waals surface area contributed by atoms with Crippen molar-refractivity contribution in [2.75, 3.05) is 7.11 Å². The molecule has 0 aliphatic carbocycles. The molecule has 2 heterocycles. The zero-order valence-corrected chi connectivity index (χ0v) is 15.9. The fraction of sp³-hybridized carbons (Fsp3) is 0.143. The molecule has 0 fully saturated rings. The molecule has 0 saturated heterocycles. The van der Waals surface area contributed by atoms with Crippen molar-refractivity contribution in [3.05, 3.63) is 76.9 Å². The molecule has 0 spiro atoms. The van der Waals surface area contributed by atoms with E-state index in [1.54, 1.807) is 7.11 Å². The Morgan fingerprint density at radius 2 is 2.04 bits per heavy atom. The predicted molar refractivity (Wildman–Crippen MR) is 107 cm³/mol. The molecule has 27 heavy (non-hydrogen) atoms. The minimum Gasteiger partial charge on any atom is -0.497 e. The predicted octanol–water partition coefficient (Wildman–Crippen LogP) is 4.31. The number of fused-ring (bicyclic) bond motifs is 1. The van der Waals surface area contributed by atoms with Crippen molar-refractivity contribution in [1.82, 2.24) is 14.7 Å². The molecule has 0 aliphatic rings. The minimum atomic E-state index is -0.114. The second kappa shape index (κ2) is 7.25. The number of carbonyl (C=O) groups excluding carboxylic acids is 1. The molecule has 5 nitrogen and oxygen atoms in total. The van der Waals surface area contributed by atoms with E-state index in [0.717, 1.165) is 27.5 Å². The zero-order valence-electron chi connectivity index (χ0n) is 15.1. The number of aromatic nitrogens is 2. The van der Waals surface area contributed by atoms with Gasteiger partial charge in [0.15, 0.2) is 4.96 Å². The molecule has 1 N–H and O–H groups in total.